The standard InChI is InChI=1S/C13H17ClO3S/c1-9-7-12(17-6-5-11-3-4-11)8-10(2)13(9)18(14,15)16/h7-8,11H,3-6H2,1-2H3. The van der Waals surface area contributed by atoms with Crippen LogP contribution in [0.15, 0.2) is 17.0 Å². The van der Waals surface area contributed by atoms with Crippen molar-refractivity contribution in [3.05, 3.63) is 23.3 Å². The van der Waals surface area contributed by atoms with Crippen LogP contribution in [0.5, 0.6) is 5.75 Å². The maximum Gasteiger partial charge on any atom is 0.261 e. The predicted molar refractivity (Wildman–Crippen MR) is 71.8 cm³/mol. The maximum atomic E-state index is 11.4. The van der Waals surface area contributed by atoms with Gasteiger partial charge in [-0.15, -0.1) is 0 Å². The van der Waals surface area contributed by atoms with Crippen molar-refractivity contribution < 1.29 is 13.2 Å². The molecule has 0 aliphatic heterocycles. The third kappa shape index (κ3) is 3.39. The Morgan fingerprint density at radius 2 is 1.83 bits per heavy atom. The number of hydrogen-bond donors (Lipinski definition) is 0. The first-order valence-electron chi connectivity index (χ1n) is 6.06. The molecule has 1 aliphatic rings. The van der Waals surface area contributed by atoms with Crippen molar-refractivity contribution in [2.24, 2.45) is 5.92 Å². The average Bonchev–Trinajstić information content (AvgIpc) is 2.97. The molecule has 0 radical (unpaired) electrons. The third-order valence-electron chi connectivity index (χ3n) is 3.17. The summed E-state index contributed by atoms with van der Waals surface area (Å²) in [7, 11) is 1.72. The smallest absolute Gasteiger partial charge is 0.261 e. The molecule has 0 amide bonds. The van der Waals surface area contributed by atoms with E-state index in [0.717, 1.165) is 18.1 Å². The summed E-state index contributed by atoms with van der Waals surface area (Å²) in [5, 5.41) is 0. The third-order valence-corrected chi connectivity index (χ3v) is 4.76. The SMILES string of the molecule is Cc1cc(OCCC2CC2)cc(C)c1S(=O)(=O)Cl. The van der Waals surface area contributed by atoms with Crippen molar-refractivity contribution in [1.29, 1.82) is 0 Å². The molecule has 100 valence electrons. The van der Waals surface area contributed by atoms with Crippen LogP contribution in [-0.2, 0) is 9.05 Å². The topological polar surface area (TPSA) is 43.4 Å². The zero-order valence-electron chi connectivity index (χ0n) is 10.6. The minimum atomic E-state index is -3.69. The lowest BCUT2D eigenvalue weighted by Gasteiger charge is -2.11. The molecule has 1 aromatic carbocycles. The van der Waals surface area contributed by atoms with Crippen LogP contribution in [0, 0.1) is 19.8 Å². The molecule has 3 nitrogen and oxygen atoms in total. The van der Waals surface area contributed by atoms with Gasteiger partial charge in [0.2, 0.25) is 0 Å². The molecule has 0 spiro atoms. The Hall–Kier alpha value is -0.740. The van der Waals surface area contributed by atoms with Crippen LogP contribution in [0.4, 0.5) is 0 Å². The van der Waals surface area contributed by atoms with Gasteiger partial charge in [0.15, 0.2) is 0 Å². The predicted octanol–water partition coefficient (Wildman–Crippen LogP) is 3.41. The largest absolute Gasteiger partial charge is 0.494 e. The molecule has 0 bridgehead atoms. The first-order valence-corrected chi connectivity index (χ1v) is 8.37. The van der Waals surface area contributed by atoms with Gasteiger partial charge in [-0.05, 0) is 49.4 Å². The molecule has 0 aromatic heterocycles. The zero-order chi connectivity index (χ0) is 13.3. The van der Waals surface area contributed by atoms with E-state index in [1.165, 1.54) is 12.8 Å². The van der Waals surface area contributed by atoms with Crippen LogP contribution >= 0.6 is 10.7 Å². The van der Waals surface area contributed by atoms with E-state index in [1.807, 2.05) is 0 Å². The number of halogens is 1. The van der Waals surface area contributed by atoms with Crippen molar-refractivity contribution in [1.82, 2.24) is 0 Å². The Bertz CT molecular complexity index is 524. The van der Waals surface area contributed by atoms with Crippen molar-refractivity contribution in [3.8, 4) is 5.75 Å². The minimum absolute atomic E-state index is 0.193. The van der Waals surface area contributed by atoms with Crippen LogP contribution in [0.1, 0.15) is 30.4 Å². The Balaban J connectivity index is 2.13. The Morgan fingerprint density at radius 3 is 2.28 bits per heavy atom. The van der Waals surface area contributed by atoms with E-state index >= 15 is 0 Å². The summed E-state index contributed by atoms with van der Waals surface area (Å²) in [6, 6.07) is 3.46. The van der Waals surface area contributed by atoms with Crippen LogP contribution in [-0.4, -0.2) is 15.0 Å². The van der Waals surface area contributed by atoms with Gasteiger partial charge in [0.1, 0.15) is 5.75 Å². The molecule has 1 aromatic rings. The molecule has 5 heteroatoms. The number of hydrogen-bond acceptors (Lipinski definition) is 3. The molecule has 1 fully saturated rings. The highest BCUT2D eigenvalue weighted by Gasteiger charge is 2.21. The number of aryl methyl sites for hydroxylation is 2. The molecule has 0 saturated heterocycles. The van der Waals surface area contributed by atoms with E-state index in [9.17, 15) is 8.42 Å². The number of ether oxygens (including phenoxy) is 1. The summed E-state index contributed by atoms with van der Waals surface area (Å²) < 4.78 is 28.5. The lowest BCUT2D eigenvalue weighted by molar-refractivity contribution is 0.302. The highest BCUT2D eigenvalue weighted by molar-refractivity contribution is 8.13. The fourth-order valence-corrected chi connectivity index (χ4v) is 3.75. The van der Waals surface area contributed by atoms with Crippen molar-refractivity contribution in [2.75, 3.05) is 6.61 Å². The summed E-state index contributed by atoms with van der Waals surface area (Å²) >= 11 is 0. The Labute approximate surface area is 113 Å². The fraction of sp³-hybridized carbons (Fsp3) is 0.538. The molecule has 18 heavy (non-hydrogen) atoms. The van der Waals surface area contributed by atoms with Gasteiger partial charge in [-0.3, -0.25) is 0 Å². The molecule has 2 rings (SSSR count). The quantitative estimate of drug-likeness (QED) is 0.780. The summed E-state index contributed by atoms with van der Waals surface area (Å²) in [4.78, 5) is 0.193. The monoisotopic (exact) mass is 288 g/mol. The van der Waals surface area contributed by atoms with Crippen LogP contribution in [0.2, 0.25) is 0 Å². The molecular formula is C13H17ClO3S. The summed E-state index contributed by atoms with van der Waals surface area (Å²) in [6.07, 6.45) is 3.70. The highest BCUT2D eigenvalue weighted by atomic mass is 35.7. The van der Waals surface area contributed by atoms with E-state index in [4.69, 9.17) is 15.4 Å². The molecule has 1 saturated carbocycles. The fourth-order valence-electron chi connectivity index (χ4n) is 2.13. The van der Waals surface area contributed by atoms with Crippen molar-refractivity contribution in [3.63, 3.8) is 0 Å². The van der Waals surface area contributed by atoms with Crippen LogP contribution < -0.4 is 4.74 Å². The normalized spacial score (nSPS) is 15.7. The Morgan fingerprint density at radius 1 is 1.28 bits per heavy atom. The summed E-state index contributed by atoms with van der Waals surface area (Å²) in [6.45, 7) is 4.16. The number of rotatable bonds is 5. The van der Waals surface area contributed by atoms with Crippen molar-refractivity contribution >= 4 is 19.7 Å². The first kappa shape index (κ1) is 13.7. The lowest BCUT2D eigenvalue weighted by atomic mass is 10.1. The van der Waals surface area contributed by atoms with E-state index in [-0.39, 0.29) is 4.90 Å². The summed E-state index contributed by atoms with van der Waals surface area (Å²) in [5.74, 6) is 1.55. The van der Waals surface area contributed by atoms with Gasteiger partial charge in [0, 0.05) is 10.7 Å². The van der Waals surface area contributed by atoms with E-state index < -0.39 is 9.05 Å². The van der Waals surface area contributed by atoms with Gasteiger partial charge in [0.25, 0.3) is 9.05 Å². The van der Waals surface area contributed by atoms with E-state index in [1.54, 1.807) is 26.0 Å². The minimum Gasteiger partial charge on any atom is -0.494 e. The Kier molecular flexibility index (Phi) is 3.87. The van der Waals surface area contributed by atoms with Gasteiger partial charge in [-0.2, -0.15) is 0 Å². The first-order chi connectivity index (χ1) is 8.38. The summed E-state index contributed by atoms with van der Waals surface area (Å²) in [5.41, 5.74) is 1.26. The van der Waals surface area contributed by atoms with E-state index in [0.29, 0.717) is 17.7 Å². The lowest BCUT2D eigenvalue weighted by Crippen LogP contribution is -2.02. The maximum absolute atomic E-state index is 11.4. The average molecular weight is 289 g/mol. The van der Waals surface area contributed by atoms with Crippen molar-refractivity contribution in [2.45, 2.75) is 38.0 Å². The molecule has 0 heterocycles. The zero-order valence-corrected chi connectivity index (χ0v) is 12.1. The van der Waals surface area contributed by atoms with Gasteiger partial charge in [0.05, 0.1) is 11.5 Å². The van der Waals surface area contributed by atoms with Crippen LogP contribution in [0.25, 0.3) is 0 Å². The molecule has 0 atom stereocenters. The second-order valence-corrected chi connectivity index (χ2v) is 7.41. The van der Waals surface area contributed by atoms with Gasteiger partial charge >= 0.3 is 0 Å². The molecular weight excluding hydrogens is 272 g/mol. The second-order valence-electron chi connectivity index (χ2n) is 4.90. The second kappa shape index (κ2) is 5.10. The van der Waals surface area contributed by atoms with Gasteiger partial charge in [-0.25, -0.2) is 8.42 Å². The van der Waals surface area contributed by atoms with Gasteiger partial charge < -0.3 is 4.74 Å². The molecule has 0 N–H and O–H groups in total. The molecule has 0 unspecified atom stereocenters. The van der Waals surface area contributed by atoms with Gasteiger partial charge in [-0.1, -0.05) is 12.8 Å². The highest BCUT2D eigenvalue weighted by Crippen LogP contribution is 2.33. The van der Waals surface area contributed by atoms with Crippen LogP contribution in [0.3, 0.4) is 0 Å². The molecule has 1 aliphatic carbocycles. The van der Waals surface area contributed by atoms with E-state index in [2.05, 4.69) is 0 Å². The number of benzene rings is 1.